The van der Waals surface area contributed by atoms with Crippen LogP contribution in [0.3, 0.4) is 0 Å². The third-order valence-electron chi connectivity index (χ3n) is 3.53. The summed E-state index contributed by atoms with van der Waals surface area (Å²) in [6, 6.07) is 4.33. The van der Waals surface area contributed by atoms with Crippen molar-refractivity contribution in [2.45, 2.75) is 32.2 Å². The zero-order valence-electron chi connectivity index (χ0n) is 10.8. The van der Waals surface area contributed by atoms with Crippen LogP contribution in [0.1, 0.15) is 26.2 Å². The minimum atomic E-state index is -0.517. The highest BCUT2D eigenvalue weighted by molar-refractivity contribution is 5.47. The minimum Gasteiger partial charge on any atom is -0.369 e. The van der Waals surface area contributed by atoms with Crippen LogP contribution in [-0.4, -0.2) is 25.7 Å². The molecule has 1 unspecified atom stereocenters. The Balaban J connectivity index is 2.10. The number of halogens is 2. The van der Waals surface area contributed by atoms with Gasteiger partial charge in [-0.05, 0) is 37.9 Å². The summed E-state index contributed by atoms with van der Waals surface area (Å²) >= 11 is 0. The Kier molecular flexibility index (Phi) is 4.53. The van der Waals surface area contributed by atoms with Gasteiger partial charge in [-0.1, -0.05) is 6.92 Å². The van der Waals surface area contributed by atoms with Crippen LogP contribution in [-0.2, 0) is 0 Å². The van der Waals surface area contributed by atoms with Crippen LogP contribution in [0.25, 0.3) is 0 Å². The maximum Gasteiger partial charge on any atom is 0.149 e. The van der Waals surface area contributed by atoms with Crippen molar-refractivity contribution >= 4 is 5.69 Å². The van der Waals surface area contributed by atoms with Gasteiger partial charge in [0.25, 0.3) is 0 Å². The van der Waals surface area contributed by atoms with Gasteiger partial charge in [-0.3, -0.25) is 0 Å². The lowest BCUT2D eigenvalue weighted by molar-refractivity contribution is 0.437. The summed E-state index contributed by atoms with van der Waals surface area (Å²) in [4.78, 5) is 2.03. The van der Waals surface area contributed by atoms with E-state index in [-0.39, 0.29) is 0 Å². The van der Waals surface area contributed by atoms with E-state index in [9.17, 15) is 8.78 Å². The summed E-state index contributed by atoms with van der Waals surface area (Å²) in [5.41, 5.74) is 0.521. The molecule has 18 heavy (non-hydrogen) atoms. The second-order valence-electron chi connectivity index (χ2n) is 4.78. The predicted octanol–water partition coefficient (Wildman–Crippen LogP) is 2.93. The monoisotopic (exact) mass is 254 g/mol. The molecule has 0 radical (unpaired) electrons. The molecule has 4 heteroatoms. The van der Waals surface area contributed by atoms with E-state index in [4.69, 9.17) is 0 Å². The molecule has 1 heterocycles. The van der Waals surface area contributed by atoms with Crippen LogP contribution in [0, 0.1) is 11.6 Å². The second kappa shape index (κ2) is 6.14. The smallest absolute Gasteiger partial charge is 0.149 e. The number of anilines is 1. The first kappa shape index (κ1) is 13.3. The number of benzene rings is 1. The Morgan fingerprint density at radius 1 is 1.33 bits per heavy atom. The van der Waals surface area contributed by atoms with Crippen molar-refractivity contribution in [3.8, 4) is 0 Å². The normalized spacial score (nSPS) is 21.5. The highest BCUT2D eigenvalue weighted by Crippen LogP contribution is 2.21. The molecule has 1 aromatic rings. The maximum atomic E-state index is 13.8. The zero-order chi connectivity index (χ0) is 13.0. The molecule has 0 bridgehead atoms. The van der Waals surface area contributed by atoms with Crippen molar-refractivity contribution < 1.29 is 8.78 Å². The van der Waals surface area contributed by atoms with E-state index in [1.807, 2.05) is 4.90 Å². The van der Waals surface area contributed by atoms with Crippen molar-refractivity contribution in [1.29, 1.82) is 0 Å². The fraction of sp³-hybridized carbons (Fsp3) is 0.571. The molecule has 1 aliphatic rings. The van der Waals surface area contributed by atoms with Crippen LogP contribution in [0.2, 0.25) is 0 Å². The Bertz CT molecular complexity index is 395. The molecule has 0 aliphatic carbocycles. The van der Waals surface area contributed by atoms with Gasteiger partial charge in [0.15, 0.2) is 0 Å². The van der Waals surface area contributed by atoms with E-state index in [0.717, 1.165) is 45.0 Å². The molecule has 0 amide bonds. The first-order chi connectivity index (χ1) is 8.70. The van der Waals surface area contributed by atoms with Crippen LogP contribution >= 0.6 is 0 Å². The van der Waals surface area contributed by atoms with Gasteiger partial charge in [-0.15, -0.1) is 0 Å². The predicted molar refractivity (Wildman–Crippen MR) is 69.9 cm³/mol. The molecule has 1 saturated heterocycles. The van der Waals surface area contributed by atoms with E-state index >= 15 is 0 Å². The van der Waals surface area contributed by atoms with Gasteiger partial charge in [0, 0.05) is 25.2 Å². The molecule has 0 aromatic heterocycles. The number of hydrogen-bond acceptors (Lipinski definition) is 2. The molecule has 0 spiro atoms. The third-order valence-corrected chi connectivity index (χ3v) is 3.53. The first-order valence-corrected chi connectivity index (χ1v) is 6.64. The molecular formula is C14H20F2N2. The Labute approximate surface area is 107 Å². The van der Waals surface area contributed by atoms with Crippen molar-refractivity contribution in [3.63, 3.8) is 0 Å². The fourth-order valence-electron chi connectivity index (χ4n) is 2.43. The summed E-state index contributed by atoms with van der Waals surface area (Å²) < 4.78 is 26.7. The summed E-state index contributed by atoms with van der Waals surface area (Å²) in [6.45, 7) is 4.74. The molecule has 1 aliphatic heterocycles. The van der Waals surface area contributed by atoms with Crippen molar-refractivity contribution in [1.82, 2.24) is 5.32 Å². The molecule has 1 atom stereocenters. The molecular weight excluding hydrogens is 234 g/mol. The molecule has 1 aromatic carbocycles. The SMILES string of the molecule is CCC1CCN(c2ccc(F)cc2F)CCCN1. The van der Waals surface area contributed by atoms with Gasteiger partial charge < -0.3 is 10.2 Å². The van der Waals surface area contributed by atoms with E-state index < -0.39 is 11.6 Å². The second-order valence-corrected chi connectivity index (χ2v) is 4.78. The third kappa shape index (κ3) is 3.19. The fourth-order valence-corrected chi connectivity index (χ4v) is 2.43. The molecule has 2 nitrogen and oxygen atoms in total. The van der Waals surface area contributed by atoms with Gasteiger partial charge in [0.2, 0.25) is 0 Å². The van der Waals surface area contributed by atoms with Crippen molar-refractivity contribution in [2.24, 2.45) is 0 Å². The lowest BCUT2D eigenvalue weighted by Crippen LogP contribution is -2.39. The van der Waals surface area contributed by atoms with Gasteiger partial charge in [-0.2, -0.15) is 0 Å². The highest BCUT2D eigenvalue weighted by atomic mass is 19.1. The average Bonchev–Trinajstić information content (AvgIpc) is 2.31. The van der Waals surface area contributed by atoms with E-state index in [1.165, 1.54) is 6.07 Å². The van der Waals surface area contributed by atoms with E-state index in [2.05, 4.69) is 12.2 Å². The van der Waals surface area contributed by atoms with E-state index in [0.29, 0.717) is 11.7 Å². The minimum absolute atomic E-state index is 0.461. The first-order valence-electron chi connectivity index (χ1n) is 6.64. The summed E-state index contributed by atoms with van der Waals surface area (Å²) in [7, 11) is 0. The lowest BCUT2D eigenvalue weighted by atomic mass is 10.1. The largest absolute Gasteiger partial charge is 0.369 e. The van der Waals surface area contributed by atoms with Crippen molar-refractivity contribution in [2.75, 3.05) is 24.5 Å². The Morgan fingerprint density at radius 3 is 2.89 bits per heavy atom. The van der Waals surface area contributed by atoms with Gasteiger partial charge >= 0.3 is 0 Å². The molecule has 1 N–H and O–H groups in total. The quantitative estimate of drug-likeness (QED) is 0.873. The topological polar surface area (TPSA) is 15.3 Å². The van der Waals surface area contributed by atoms with Crippen LogP contribution in [0.5, 0.6) is 0 Å². The molecule has 0 saturated carbocycles. The van der Waals surface area contributed by atoms with Crippen LogP contribution in [0.15, 0.2) is 18.2 Å². The summed E-state index contributed by atoms with van der Waals surface area (Å²) in [6.07, 6.45) is 3.06. The maximum absolute atomic E-state index is 13.8. The average molecular weight is 254 g/mol. The van der Waals surface area contributed by atoms with Gasteiger partial charge in [-0.25, -0.2) is 8.78 Å². The standard InChI is InChI=1S/C14H20F2N2/c1-2-12-6-9-18(8-3-7-17-12)14-5-4-11(15)10-13(14)16/h4-5,10,12,17H,2-3,6-9H2,1H3. The number of hydrogen-bond donors (Lipinski definition) is 1. The van der Waals surface area contributed by atoms with Crippen LogP contribution in [0.4, 0.5) is 14.5 Å². The Morgan fingerprint density at radius 2 is 2.17 bits per heavy atom. The van der Waals surface area contributed by atoms with E-state index in [1.54, 1.807) is 6.07 Å². The highest BCUT2D eigenvalue weighted by Gasteiger charge is 2.16. The summed E-state index contributed by atoms with van der Waals surface area (Å²) in [5, 5.41) is 3.49. The summed E-state index contributed by atoms with van der Waals surface area (Å²) in [5.74, 6) is -0.979. The van der Waals surface area contributed by atoms with Gasteiger partial charge in [0.05, 0.1) is 5.69 Å². The zero-order valence-corrected chi connectivity index (χ0v) is 10.8. The number of rotatable bonds is 2. The molecule has 2 rings (SSSR count). The number of nitrogens with one attached hydrogen (secondary N) is 1. The Hall–Kier alpha value is -1.16. The van der Waals surface area contributed by atoms with Crippen LogP contribution < -0.4 is 10.2 Å². The van der Waals surface area contributed by atoms with Gasteiger partial charge in [0.1, 0.15) is 11.6 Å². The molecule has 1 fully saturated rings. The molecule has 100 valence electrons. The number of nitrogens with zero attached hydrogens (tertiary/aromatic N) is 1. The van der Waals surface area contributed by atoms with Crippen molar-refractivity contribution in [3.05, 3.63) is 29.8 Å². The lowest BCUT2D eigenvalue weighted by Gasteiger charge is -2.30.